The number of likely N-dealkylation sites (N-methyl/N-ethyl adjacent to an activating group) is 1. The highest BCUT2D eigenvalue weighted by atomic mass is 16.5. The summed E-state index contributed by atoms with van der Waals surface area (Å²) in [6.07, 6.45) is 2.27. The highest BCUT2D eigenvalue weighted by molar-refractivity contribution is 5.58. The minimum atomic E-state index is 0.791. The minimum Gasteiger partial charge on any atom is -0.495 e. The SMILES string of the molecule is COc1ccccc1N1CCN(CCCCOc2ccc(CN3CCN(C)CC3)cc2)CC1. The maximum absolute atomic E-state index is 5.99. The average Bonchev–Trinajstić information content (AvgIpc) is 2.86. The van der Waals surface area contributed by atoms with Crippen molar-refractivity contribution in [1.82, 2.24) is 14.7 Å². The van der Waals surface area contributed by atoms with E-state index in [9.17, 15) is 0 Å². The van der Waals surface area contributed by atoms with Crippen LogP contribution < -0.4 is 14.4 Å². The number of unbranched alkanes of at least 4 members (excludes halogenated alkanes) is 1. The van der Waals surface area contributed by atoms with Gasteiger partial charge < -0.3 is 19.3 Å². The summed E-state index contributed by atoms with van der Waals surface area (Å²) in [5.41, 5.74) is 2.58. The molecule has 6 heteroatoms. The van der Waals surface area contributed by atoms with Gasteiger partial charge in [-0.2, -0.15) is 0 Å². The van der Waals surface area contributed by atoms with Crippen LogP contribution in [0.3, 0.4) is 0 Å². The van der Waals surface area contributed by atoms with Gasteiger partial charge in [0.05, 0.1) is 19.4 Å². The second-order valence-electron chi connectivity index (χ2n) is 9.28. The fraction of sp³-hybridized carbons (Fsp3) is 0.556. The molecule has 2 aromatic carbocycles. The molecular weight excluding hydrogens is 412 g/mol. The average molecular weight is 453 g/mol. The Balaban J connectivity index is 1.09. The molecule has 2 saturated heterocycles. The summed E-state index contributed by atoms with van der Waals surface area (Å²) in [7, 11) is 3.95. The molecule has 2 aliphatic heterocycles. The Morgan fingerprint density at radius 3 is 2.18 bits per heavy atom. The lowest BCUT2D eigenvalue weighted by atomic mass is 10.2. The van der Waals surface area contributed by atoms with E-state index in [-0.39, 0.29) is 0 Å². The smallest absolute Gasteiger partial charge is 0.142 e. The molecule has 6 nitrogen and oxygen atoms in total. The third-order valence-electron chi connectivity index (χ3n) is 6.86. The first-order chi connectivity index (χ1) is 16.2. The second-order valence-corrected chi connectivity index (χ2v) is 9.28. The minimum absolute atomic E-state index is 0.791. The van der Waals surface area contributed by atoms with Crippen LogP contribution in [0.15, 0.2) is 48.5 Å². The van der Waals surface area contributed by atoms with Crippen molar-refractivity contribution in [1.29, 1.82) is 0 Å². The molecule has 0 saturated carbocycles. The number of piperazine rings is 2. The third kappa shape index (κ3) is 7.10. The van der Waals surface area contributed by atoms with Crippen LogP contribution in [0, 0.1) is 0 Å². The lowest BCUT2D eigenvalue weighted by Gasteiger charge is -2.36. The van der Waals surface area contributed by atoms with Crippen LogP contribution in [0.4, 0.5) is 5.69 Å². The predicted molar refractivity (Wildman–Crippen MR) is 136 cm³/mol. The number of hydrogen-bond donors (Lipinski definition) is 0. The number of benzene rings is 2. The van der Waals surface area contributed by atoms with Crippen molar-refractivity contribution in [3.8, 4) is 11.5 Å². The van der Waals surface area contributed by atoms with E-state index in [4.69, 9.17) is 9.47 Å². The molecule has 4 rings (SSSR count). The van der Waals surface area contributed by atoms with Gasteiger partial charge in [-0.3, -0.25) is 9.80 Å². The summed E-state index contributed by atoms with van der Waals surface area (Å²) in [6.45, 7) is 11.9. The molecule has 180 valence electrons. The van der Waals surface area contributed by atoms with E-state index in [1.807, 2.05) is 12.1 Å². The van der Waals surface area contributed by atoms with Crippen molar-refractivity contribution in [2.75, 3.05) is 84.6 Å². The molecule has 0 amide bonds. The van der Waals surface area contributed by atoms with Crippen molar-refractivity contribution in [3.63, 3.8) is 0 Å². The molecule has 2 heterocycles. The number of rotatable bonds is 10. The van der Waals surface area contributed by atoms with Crippen LogP contribution in [0.2, 0.25) is 0 Å². The summed E-state index contributed by atoms with van der Waals surface area (Å²) in [4.78, 5) is 9.94. The Labute approximate surface area is 199 Å². The monoisotopic (exact) mass is 452 g/mol. The van der Waals surface area contributed by atoms with Crippen molar-refractivity contribution in [2.24, 2.45) is 0 Å². The summed E-state index contributed by atoms with van der Waals surface area (Å²) >= 11 is 0. The van der Waals surface area contributed by atoms with Crippen molar-refractivity contribution < 1.29 is 9.47 Å². The molecule has 0 radical (unpaired) electrons. The fourth-order valence-electron chi connectivity index (χ4n) is 4.69. The van der Waals surface area contributed by atoms with Crippen LogP contribution in [-0.4, -0.2) is 94.4 Å². The maximum Gasteiger partial charge on any atom is 0.142 e. The number of ether oxygens (including phenoxy) is 2. The van der Waals surface area contributed by atoms with Gasteiger partial charge in [0.1, 0.15) is 11.5 Å². The van der Waals surface area contributed by atoms with E-state index in [2.05, 4.69) is 63.0 Å². The van der Waals surface area contributed by atoms with Crippen molar-refractivity contribution in [3.05, 3.63) is 54.1 Å². The number of para-hydroxylation sites is 2. The normalized spacial score (nSPS) is 18.4. The van der Waals surface area contributed by atoms with E-state index in [0.29, 0.717) is 0 Å². The first-order valence-corrected chi connectivity index (χ1v) is 12.4. The summed E-state index contributed by atoms with van der Waals surface area (Å²) < 4.78 is 11.5. The van der Waals surface area contributed by atoms with Crippen LogP contribution in [0.25, 0.3) is 0 Å². The molecule has 0 aromatic heterocycles. The molecule has 0 bridgehead atoms. The standard InChI is InChI=1S/C27H40N4O2/c1-28-14-16-30(17-15-28)23-24-9-11-25(12-10-24)33-22-6-5-13-29-18-20-31(21-19-29)26-7-3-4-8-27(26)32-2/h3-4,7-12H,5-6,13-23H2,1-2H3. The Morgan fingerprint density at radius 1 is 0.758 bits per heavy atom. The van der Waals surface area contributed by atoms with Gasteiger partial charge in [-0.1, -0.05) is 24.3 Å². The Hall–Kier alpha value is -2.28. The lowest BCUT2D eigenvalue weighted by molar-refractivity contribution is 0.148. The van der Waals surface area contributed by atoms with Crippen LogP contribution in [-0.2, 0) is 6.54 Å². The summed E-state index contributed by atoms with van der Waals surface area (Å²) in [5, 5.41) is 0. The van der Waals surface area contributed by atoms with Crippen LogP contribution in [0.5, 0.6) is 11.5 Å². The number of nitrogens with zero attached hydrogens (tertiary/aromatic N) is 4. The molecule has 2 fully saturated rings. The van der Waals surface area contributed by atoms with Gasteiger partial charge >= 0.3 is 0 Å². The number of hydrogen-bond acceptors (Lipinski definition) is 6. The molecule has 0 N–H and O–H groups in total. The molecule has 2 aliphatic rings. The quantitative estimate of drug-likeness (QED) is 0.514. The molecular formula is C27H40N4O2. The zero-order chi connectivity index (χ0) is 22.9. The van der Waals surface area contributed by atoms with Gasteiger partial charge in [-0.05, 0) is 56.3 Å². The fourth-order valence-corrected chi connectivity index (χ4v) is 4.69. The van der Waals surface area contributed by atoms with E-state index in [0.717, 1.165) is 76.9 Å². The van der Waals surface area contributed by atoms with Crippen LogP contribution >= 0.6 is 0 Å². The van der Waals surface area contributed by atoms with Gasteiger partial charge in [0.2, 0.25) is 0 Å². The second kappa shape index (κ2) is 12.3. The first-order valence-electron chi connectivity index (χ1n) is 12.4. The van der Waals surface area contributed by atoms with E-state index >= 15 is 0 Å². The topological polar surface area (TPSA) is 31.4 Å². The van der Waals surface area contributed by atoms with Crippen LogP contribution in [0.1, 0.15) is 18.4 Å². The Morgan fingerprint density at radius 2 is 1.45 bits per heavy atom. The number of methoxy groups -OCH3 is 1. The number of anilines is 1. The highest BCUT2D eigenvalue weighted by Crippen LogP contribution is 2.28. The Kier molecular flexibility index (Phi) is 8.86. The molecule has 33 heavy (non-hydrogen) atoms. The van der Waals surface area contributed by atoms with E-state index in [1.165, 1.54) is 30.8 Å². The van der Waals surface area contributed by atoms with Gasteiger partial charge in [0.25, 0.3) is 0 Å². The molecule has 0 spiro atoms. The van der Waals surface area contributed by atoms with Crippen molar-refractivity contribution >= 4 is 5.69 Å². The maximum atomic E-state index is 5.99. The molecule has 0 unspecified atom stereocenters. The molecule has 0 atom stereocenters. The van der Waals surface area contributed by atoms with E-state index in [1.54, 1.807) is 7.11 Å². The first kappa shape index (κ1) is 23.9. The van der Waals surface area contributed by atoms with E-state index < -0.39 is 0 Å². The summed E-state index contributed by atoms with van der Waals surface area (Å²) in [6, 6.07) is 17.0. The van der Waals surface area contributed by atoms with Gasteiger partial charge in [-0.15, -0.1) is 0 Å². The zero-order valence-electron chi connectivity index (χ0n) is 20.4. The summed E-state index contributed by atoms with van der Waals surface area (Å²) in [5.74, 6) is 1.96. The Bertz CT molecular complexity index is 828. The third-order valence-corrected chi connectivity index (χ3v) is 6.86. The highest BCUT2D eigenvalue weighted by Gasteiger charge is 2.19. The van der Waals surface area contributed by atoms with Crippen molar-refractivity contribution in [2.45, 2.75) is 19.4 Å². The zero-order valence-corrected chi connectivity index (χ0v) is 20.4. The lowest BCUT2D eigenvalue weighted by Crippen LogP contribution is -2.46. The van der Waals surface area contributed by atoms with Gasteiger partial charge in [0.15, 0.2) is 0 Å². The van der Waals surface area contributed by atoms with Gasteiger partial charge in [0, 0.05) is 58.9 Å². The largest absolute Gasteiger partial charge is 0.495 e. The molecule has 2 aromatic rings. The predicted octanol–water partition coefficient (Wildman–Crippen LogP) is 3.42. The molecule has 0 aliphatic carbocycles. The van der Waals surface area contributed by atoms with Gasteiger partial charge in [-0.25, -0.2) is 0 Å².